The first-order valence-electron chi connectivity index (χ1n) is 11.9. The van der Waals surface area contributed by atoms with Crippen molar-refractivity contribution in [3.63, 3.8) is 0 Å². The molecule has 34 heavy (non-hydrogen) atoms. The second-order valence-electron chi connectivity index (χ2n) is 9.69. The number of amides is 1. The molecule has 1 aromatic rings. The molecule has 2 aliphatic heterocycles. The SMILES string of the molecule is CO[C@@H]1CN(C)C(=O)c2cc(NS(C)(=O)=O)ccc2OC[C@@H](C)N(CC2CCOCC2)C[C@@H]1C. The summed E-state index contributed by atoms with van der Waals surface area (Å²) < 4.78 is 43.4. The molecule has 10 heteroatoms. The Hall–Kier alpha value is -1.88. The maximum atomic E-state index is 13.3. The van der Waals surface area contributed by atoms with Crippen LogP contribution in [0.1, 0.15) is 37.0 Å². The molecular formula is C24H39N3O6S. The third kappa shape index (κ3) is 7.31. The number of methoxy groups -OCH3 is 1. The molecule has 192 valence electrons. The van der Waals surface area contributed by atoms with E-state index in [0.717, 1.165) is 45.4 Å². The van der Waals surface area contributed by atoms with Gasteiger partial charge in [0.05, 0.1) is 17.9 Å². The fourth-order valence-corrected chi connectivity index (χ4v) is 5.20. The smallest absolute Gasteiger partial charge is 0.257 e. The molecule has 2 heterocycles. The third-order valence-electron chi connectivity index (χ3n) is 6.71. The average molecular weight is 498 g/mol. The molecule has 1 aromatic carbocycles. The van der Waals surface area contributed by atoms with Crippen molar-refractivity contribution in [1.29, 1.82) is 0 Å². The number of ether oxygens (including phenoxy) is 3. The molecule has 0 bridgehead atoms. The van der Waals surface area contributed by atoms with Crippen molar-refractivity contribution in [1.82, 2.24) is 9.80 Å². The molecule has 2 aliphatic rings. The normalized spacial score (nSPS) is 26.2. The second-order valence-corrected chi connectivity index (χ2v) is 11.4. The molecule has 1 amide bonds. The number of anilines is 1. The number of nitrogens with one attached hydrogen (secondary N) is 1. The van der Waals surface area contributed by atoms with E-state index in [9.17, 15) is 13.2 Å². The van der Waals surface area contributed by atoms with Gasteiger partial charge in [-0.1, -0.05) is 6.92 Å². The minimum atomic E-state index is -3.48. The van der Waals surface area contributed by atoms with Crippen LogP contribution < -0.4 is 9.46 Å². The van der Waals surface area contributed by atoms with Gasteiger partial charge >= 0.3 is 0 Å². The van der Waals surface area contributed by atoms with Crippen LogP contribution >= 0.6 is 0 Å². The average Bonchev–Trinajstić information content (AvgIpc) is 2.79. The Labute approximate surface area is 203 Å². The summed E-state index contributed by atoms with van der Waals surface area (Å²) in [6.45, 7) is 8.56. The van der Waals surface area contributed by atoms with Crippen molar-refractivity contribution in [2.24, 2.45) is 11.8 Å². The van der Waals surface area contributed by atoms with Crippen LogP contribution in [0.3, 0.4) is 0 Å². The lowest BCUT2D eigenvalue weighted by Crippen LogP contribution is -2.48. The predicted molar refractivity (Wildman–Crippen MR) is 132 cm³/mol. The van der Waals surface area contributed by atoms with Crippen LogP contribution in [0.15, 0.2) is 18.2 Å². The minimum absolute atomic E-state index is 0.122. The number of benzene rings is 1. The summed E-state index contributed by atoms with van der Waals surface area (Å²) in [6, 6.07) is 4.93. The standard InChI is InChI=1S/C24H39N3O6S/c1-17-13-27(14-19-8-10-32-11-9-19)18(2)16-33-22-7-6-20(25-34(5,29)30)12-21(22)24(28)26(3)15-23(17)31-4/h6-7,12,17-19,23,25H,8-11,13-16H2,1-5H3/t17-,18+,23+/m0/s1. The Kier molecular flexibility index (Phi) is 9.20. The van der Waals surface area contributed by atoms with Gasteiger partial charge in [-0.25, -0.2) is 8.42 Å². The van der Waals surface area contributed by atoms with E-state index in [2.05, 4.69) is 23.5 Å². The van der Waals surface area contributed by atoms with E-state index in [1.165, 1.54) is 6.07 Å². The monoisotopic (exact) mass is 497 g/mol. The van der Waals surface area contributed by atoms with Gasteiger partial charge in [0, 0.05) is 58.7 Å². The van der Waals surface area contributed by atoms with Gasteiger partial charge in [0.2, 0.25) is 10.0 Å². The summed E-state index contributed by atoms with van der Waals surface area (Å²) in [5.41, 5.74) is 0.645. The highest BCUT2D eigenvalue weighted by molar-refractivity contribution is 7.92. The van der Waals surface area contributed by atoms with Gasteiger partial charge in [0.15, 0.2) is 0 Å². The fraction of sp³-hybridized carbons (Fsp3) is 0.708. The number of hydrogen-bond acceptors (Lipinski definition) is 7. The van der Waals surface area contributed by atoms with Crippen molar-refractivity contribution < 1.29 is 27.4 Å². The minimum Gasteiger partial charge on any atom is -0.491 e. The van der Waals surface area contributed by atoms with Crippen LogP contribution in [0.2, 0.25) is 0 Å². The molecule has 1 saturated heterocycles. The zero-order valence-electron chi connectivity index (χ0n) is 21.0. The first-order valence-corrected chi connectivity index (χ1v) is 13.8. The lowest BCUT2D eigenvalue weighted by Gasteiger charge is -2.38. The third-order valence-corrected chi connectivity index (χ3v) is 7.32. The number of nitrogens with zero attached hydrogens (tertiary/aromatic N) is 2. The molecule has 1 fully saturated rings. The van der Waals surface area contributed by atoms with E-state index in [-0.39, 0.29) is 24.0 Å². The van der Waals surface area contributed by atoms with E-state index < -0.39 is 10.0 Å². The summed E-state index contributed by atoms with van der Waals surface area (Å²) in [6.07, 6.45) is 3.06. The van der Waals surface area contributed by atoms with Gasteiger partial charge in [0.1, 0.15) is 12.4 Å². The van der Waals surface area contributed by atoms with E-state index in [1.54, 1.807) is 31.2 Å². The van der Waals surface area contributed by atoms with Crippen molar-refractivity contribution >= 4 is 21.6 Å². The number of carbonyl (C=O) groups is 1. The summed E-state index contributed by atoms with van der Waals surface area (Å²) >= 11 is 0. The highest BCUT2D eigenvalue weighted by Crippen LogP contribution is 2.27. The van der Waals surface area contributed by atoms with Gasteiger partial charge in [-0.2, -0.15) is 0 Å². The van der Waals surface area contributed by atoms with Crippen molar-refractivity contribution in [3.05, 3.63) is 23.8 Å². The topological polar surface area (TPSA) is 97.4 Å². The molecule has 0 unspecified atom stereocenters. The Morgan fingerprint density at radius 3 is 2.53 bits per heavy atom. The van der Waals surface area contributed by atoms with Crippen molar-refractivity contribution in [2.45, 2.75) is 38.8 Å². The van der Waals surface area contributed by atoms with E-state index in [0.29, 0.717) is 36.1 Å². The molecule has 0 aromatic heterocycles. The molecule has 3 atom stereocenters. The van der Waals surface area contributed by atoms with Gasteiger partial charge in [0.25, 0.3) is 5.91 Å². The molecule has 9 nitrogen and oxygen atoms in total. The zero-order chi connectivity index (χ0) is 24.9. The highest BCUT2D eigenvalue weighted by Gasteiger charge is 2.30. The summed E-state index contributed by atoms with van der Waals surface area (Å²) in [7, 11) is -0.0611. The summed E-state index contributed by atoms with van der Waals surface area (Å²) in [4.78, 5) is 17.4. The number of sulfonamides is 1. The second kappa shape index (κ2) is 11.7. The van der Waals surface area contributed by atoms with Gasteiger partial charge in [-0.3, -0.25) is 14.4 Å². The molecule has 0 saturated carbocycles. The molecule has 0 spiro atoms. The van der Waals surface area contributed by atoms with Crippen LogP contribution in [0.25, 0.3) is 0 Å². The summed E-state index contributed by atoms with van der Waals surface area (Å²) in [5, 5.41) is 0. The maximum absolute atomic E-state index is 13.3. The largest absolute Gasteiger partial charge is 0.491 e. The van der Waals surface area contributed by atoms with Crippen molar-refractivity contribution in [2.75, 3.05) is 64.6 Å². The van der Waals surface area contributed by atoms with Crippen LogP contribution in [0.4, 0.5) is 5.69 Å². The number of rotatable bonds is 5. The predicted octanol–water partition coefficient (Wildman–Crippen LogP) is 2.29. The quantitative estimate of drug-likeness (QED) is 0.667. The van der Waals surface area contributed by atoms with E-state index in [1.807, 2.05) is 0 Å². The molecular weight excluding hydrogens is 458 g/mol. The van der Waals surface area contributed by atoms with Crippen molar-refractivity contribution in [3.8, 4) is 5.75 Å². The number of hydrogen-bond donors (Lipinski definition) is 1. The number of carbonyl (C=O) groups excluding carboxylic acids is 1. The first-order chi connectivity index (χ1) is 16.1. The van der Waals surface area contributed by atoms with E-state index in [4.69, 9.17) is 14.2 Å². The Morgan fingerprint density at radius 2 is 1.88 bits per heavy atom. The van der Waals surface area contributed by atoms with Crippen LogP contribution in [-0.4, -0.2) is 96.1 Å². The lowest BCUT2D eigenvalue weighted by atomic mass is 9.96. The molecule has 1 N–H and O–H groups in total. The summed E-state index contributed by atoms with van der Waals surface area (Å²) in [5.74, 6) is 0.975. The molecule has 0 aliphatic carbocycles. The Morgan fingerprint density at radius 1 is 1.18 bits per heavy atom. The van der Waals surface area contributed by atoms with Gasteiger partial charge in [-0.05, 0) is 49.8 Å². The van der Waals surface area contributed by atoms with Gasteiger partial charge < -0.3 is 19.1 Å². The van der Waals surface area contributed by atoms with Crippen LogP contribution in [0.5, 0.6) is 5.75 Å². The highest BCUT2D eigenvalue weighted by atomic mass is 32.2. The number of fused-ring (bicyclic) bond motifs is 1. The van der Waals surface area contributed by atoms with E-state index >= 15 is 0 Å². The molecule has 0 radical (unpaired) electrons. The maximum Gasteiger partial charge on any atom is 0.257 e. The van der Waals surface area contributed by atoms with Crippen LogP contribution in [0, 0.1) is 11.8 Å². The lowest BCUT2D eigenvalue weighted by molar-refractivity contribution is 0.0000232. The number of likely N-dealkylation sites (N-methyl/N-ethyl adjacent to an activating group) is 1. The van der Waals surface area contributed by atoms with Gasteiger partial charge in [-0.15, -0.1) is 0 Å². The Balaban J connectivity index is 1.91. The first kappa shape index (κ1) is 26.7. The fourth-order valence-electron chi connectivity index (χ4n) is 4.64. The Bertz CT molecular complexity index is 935. The van der Waals surface area contributed by atoms with Crippen LogP contribution in [-0.2, 0) is 19.5 Å². The molecule has 3 rings (SSSR count). The zero-order valence-corrected chi connectivity index (χ0v) is 21.8.